The highest BCUT2D eigenvalue weighted by atomic mass is 16.2. The summed E-state index contributed by atoms with van der Waals surface area (Å²) in [5.41, 5.74) is 0. The molecule has 3 rings (SSSR count). The SMILES string of the molecule is OCCCCCCC1C2CNCC1C2. The Hall–Kier alpha value is -0.0800. The van der Waals surface area contributed by atoms with Gasteiger partial charge in [-0.1, -0.05) is 19.3 Å². The number of hydrogen-bond acceptors (Lipinski definition) is 2. The molecule has 0 aromatic heterocycles. The topological polar surface area (TPSA) is 32.3 Å². The first-order chi connectivity index (χ1) is 6.92. The molecular weight excluding hydrogens is 174 g/mol. The highest BCUT2D eigenvalue weighted by molar-refractivity contribution is 4.95. The van der Waals surface area contributed by atoms with Crippen LogP contribution in [0.1, 0.15) is 38.5 Å². The van der Waals surface area contributed by atoms with Gasteiger partial charge in [0.25, 0.3) is 0 Å². The molecule has 0 aromatic rings. The number of hydrogen-bond donors (Lipinski definition) is 2. The van der Waals surface area contributed by atoms with Gasteiger partial charge in [0.05, 0.1) is 0 Å². The summed E-state index contributed by atoms with van der Waals surface area (Å²) in [5, 5.41) is 12.1. The summed E-state index contributed by atoms with van der Waals surface area (Å²) in [5.74, 6) is 3.06. The second kappa shape index (κ2) is 5.13. The second-order valence-electron chi connectivity index (χ2n) is 5.00. The molecule has 0 aromatic carbocycles. The van der Waals surface area contributed by atoms with Crippen LogP contribution in [0.25, 0.3) is 0 Å². The van der Waals surface area contributed by atoms with Gasteiger partial charge in [-0.15, -0.1) is 0 Å². The van der Waals surface area contributed by atoms with E-state index >= 15 is 0 Å². The maximum Gasteiger partial charge on any atom is 0.0431 e. The fourth-order valence-electron chi connectivity index (χ4n) is 3.17. The van der Waals surface area contributed by atoms with E-state index in [9.17, 15) is 0 Å². The number of rotatable bonds is 6. The van der Waals surface area contributed by atoms with E-state index in [0.29, 0.717) is 6.61 Å². The monoisotopic (exact) mass is 197 g/mol. The van der Waals surface area contributed by atoms with Crippen LogP contribution in [0.15, 0.2) is 0 Å². The van der Waals surface area contributed by atoms with Gasteiger partial charge in [0.1, 0.15) is 0 Å². The van der Waals surface area contributed by atoms with Gasteiger partial charge in [0, 0.05) is 6.61 Å². The van der Waals surface area contributed by atoms with E-state index in [4.69, 9.17) is 5.11 Å². The van der Waals surface area contributed by atoms with E-state index < -0.39 is 0 Å². The predicted molar refractivity (Wildman–Crippen MR) is 58.1 cm³/mol. The molecule has 1 aliphatic carbocycles. The van der Waals surface area contributed by atoms with Crippen LogP contribution in [-0.2, 0) is 0 Å². The summed E-state index contributed by atoms with van der Waals surface area (Å²) in [4.78, 5) is 0. The standard InChI is InChI=1S/C12H23NO/c14-6-4-2-1-3-5-12-10-7-11(12)9-13-8-10/h10-14H,1-9H2. The number of aliphatic hydroxyl groups is 1. The Balaban J connectivity index is 1.53. The summed E-state index contributed by atoms with van der Waals surface area (Å²) >= 11 is 0. The molecule has 2 aliphatic heterocycles. The lowest BCUT2D eigenvalue weighted by molar-refractivity contribution is 0.0232. The van der Waals surface area contributed by atoms with Crippen LogP contribution in [0.5, 0.6) is 0 Å². The van der Waals surface area contributed by atoms with Crippen molar-refractivity contribution in [2.75, 3.05) is 19.7 Å². The average Bonchev–Trinajstić information content (AvgIpc) is 2.24. The summed E-state index contributed by atoms with van der Waals surface area (Å²) in [6, 6.07) is 0. The molecule has 2 unspecified atom stereocenters. The van der Waals surface area contributed by atoms with Crippen LogP contribution in [0.3, 0.4) is 0 Å². The Morgan fingerprint density at radius 3 is 2.36 bits per heavy atom. The van der Waals surface area contributed by atoms with Crippen molar-refractivity contribution in [3.8, 4) is 0 Å². The van der Waals surface area contributed by atoms with Crippen molar-refractivity contribution in [3.05, 3.63) is 0 Å². The lowest BCUT2D eigenvalue weighted by Crippen LogP contribution is -2.53. The van der Waals surface area contributed by atoms with Gasteiger partial charge in [-0.2, -0.15) is 0 Å². The zero-order valence-corrected chi connectivity index (χ0v) is 9.04. The van der Waals surface area contributed by atoms with E-state index in [1.807, 2.05) is 0 Å². The number of nitrogens with one attached hydrogen (secondary N) is 1. The molecule has 3 aliphatic rings. The molecule has 2 heterocycles. The van der Waals surface area contributed by atoms with Gasteiger partial charge < -0.3 is 10.4 Å². The van der Waals surface area contributed by atoms with Crippen molar-refractivity contribution in [2.24, 2.45) is 17.8 Å². The van der Waals surface area contributed by atoms with E-state index in [0.717, 1.165) is 24.2 Å². The van der Waals surface area contributed by atoms with Crippen LogP contribution in [0, 0.1) is 17.8 Å². The molecular formula is C12H23NO. The van der Waals surface area contributed by atoms with Crippen LogP contribution >= 0.6 is 0 Å². The van der Waals surface area contributed by atoms with E-state index in [-0.39, 0.29) is 0 Å². The number of aliphatic hydroxyl groups excluding tert-OH is 1. The van der Waals surface area contributed by atoms with Gasteiger partial charge >= 0.3 is 0 Å². The molecule has 2 heteroatoms. The number of unbranched alkanes of at least 4 members (excludes halogenated alkanes) is 3. The minimum absolute atomic E-state index is 0.374. The highest BCUT2D eigenvalue weighted by Crippen LogP contribution is 2.45. The third kappa shape index (κ3) is 2.29. The van der Waals surface area contributed by atoms with Crippen LogP contribution in [0.2, 0.25) is 0 Å². The van der Waals surface area contributed by atoms with Crippen LogP contribution in [-0.4, -0.2) is 24.8 Å². The van der Waals surface area contributed by atoms with Crippen molar-refractivity contribution < 1.29 is 5.11 Å². The molecule has 2 atom stereocenters. The van der Waals surface area contributed by atoms with Crippen molar-refractivity contribution in [2.45, 2.75) is 38.5 Å². The van der Waals surface area contributed by atoms with Gasteiger partial charge in [0.2, 0.25) is 0 Å². The third-order valence-corrected chi connectivity index (χ3v) is 4.08. The first kappa shape index (κ1) is 10.4. The van der Waals surface area contributed by atoms with E-state index in [1.54, 1.807) is 0 Å². The number of fused-ring (bicyclic) bond motifs is 2. The minimum Gasteiger partial charge on any atom is -0.396 e. The van der Waals surface area contributed by atoms with E-state index in [1.165, 1.54) is 45.2 Å². The second-order valence-corrected chi connectivity index (χ2v) is 5.00. The number of piperidine rings is 2. The molecule has 1 saturated carbocycles. The molecule has 0 amide bonds. The normalized spacial score (nSPS) is 35.4. The lowest BCUT2D eigenvalue weighted by Gasteiger charge is -2.50. The minimum atomic E-state index is 0.374. The zero-order chi connectivity index (χ0) is 9.80. The van der Waals surface area contributed by atoms with Gasteiger partial charge in [-0.25, -0.2) is 0 Å². The molecule has 0 spiro atoms. The summed E-state index contributed by atoms with van der Waals surface area (Å²) in [6.45, 7) is 2.92. The predicted octanol–water partition coefficient (Wildman–Crippen LogP) is 1.78. The van der Waals surface area contributed by atoms with Gasteiger partial charge in [0.15, 0.2) is 0 Å². The molecule has 2 N–H and O–H groups in total. The quantitative estimate of drug-likeness (QED) is 0.636. The molecule has 82 valence electrons. The highest BCUT2D eigenvalue weighted by Gasteiger charge is 2.42. The lowest BCUT2D eigenvalue weighted by atomic mass is 9.60. The van der Waals surface area contributed by atoms with E-state index in [2.05, 4.69) is 5.32 Å². The maximum atomic E-state index is 8.66. The summed E-state index contributed by atoms with van der Waals surface area (Å²) < 4.78 is 0. The van der Waals surface area contributed by atoms with Crippen molar-refractivity contribution in [1.29, 1.82) is 0 Å². The molecule has 0 radical (unpaired) electrons. The fraction of sp³-hybridized carbons (Fsp3) is 1.00. The van der Waals surface area contributed by atoms with Crippen molar-refractivity contribution in [1.82, 2.24) is 5.32 Å². The third-order valence-electron chi connectivity index (χ3n) is 4.08. The molecule has 2 saturated heterocycles. The molecule has 2 bridgehead atoms. The Morgan fingerprint density at radius 2 is 1.71 bits per heavy atom. The van der Waals surface area contributed by atoms with Crippen molar-refractivity contribution >= 4 is 0 Å². The Bertz CT molecular complexity index is 158. The van der Waals surface area contributed by atoms with Crippen LogP contribution < -0.4 is 5.32 Å². The Morgan fingerprint density at radius 1 is 1.00 bits per heavy atom. The molecule has 14 heavy (non-hydrogen) atoms. The first-order valence-electron chi connectivity index (χ1n) is 6.23. The summed E-state index contributed by atoms with van der Waals surface area (Å²) in [7, 11) is 0. The van der Waals surface area contributed by atoms with Crippen molar-refractivity contribution in [3.63, 3.8) is 0 Å². The molecule has 3 fully saturated rings. The Labute approximate surface area is 87.1 Å². The zero-order valence-electron chi connectivity index (χ0n) is 9.04. The maximum absolute atomic E-state index is 8.66. The average molecular weight is 197 g/mol. The van der Waals surface area contributed by atoms with Gasteiger partial charge in [-0.05, 0) is 50.1 Å². The largest absolute Gasteiger partial charge is 0.396 e. The fourth-order valence-corrected chi connectivity index (χ4v) is 3.17. The smallest absolute Gasteiger partial charge is 0.0431 e. The first-order valence-corrected chi connectivity index (χ1v) is 6.23. The van der Waals surface area contributed by atoms with Crippen LogP contribution in [0.4, 0.5) is 0 Å². The van der Waals surface area contributed by atoms with Gasteiger partial charge in [-0.3, -0.25) is 0 Å². The summed E-state index contributed by atoms with van der Waals surface area (Å²) in [6.07, 6.45) is 7.87. The molecule has 2 nitrogen and oxygen atoms in total. The Kier molecular flexibility index (Phi) is 3.82.